The highest BCUT2D eigenvalue weighted by Gasteiger charge is 2.27. The molecule has 0 unspecified atom stereocenters. The fraction of sp³-hybridized carbons (Fsp3) is 0.483. The van der Waals surface area contributed by atoms with E-state index in [1.807, 2.05) is 54.6 Å². The van der Waals surface area contributed by atoms with Gasteiger partial charge in [0.1, 0.15) is 12.1 Å². The van der Waals surface area contributed by atoms with Crippen LogP contribution in [0.25, 0.3) is 0 Å². The van der Waals surface area contributed by atoms with Gasteiger partial charge in [-0.25, -0.2) is 4.79 Å². The number of hydrogen-bond donors (Lipinski definition) is 3. The molecule has 0 bridgehead atoms. The molecule has 0 saturated carbocycles. The third kappa shape index (κ3) is 10.6. The fourth-order valence-corrected chi connectivity index (χ4v) is 3.66. The number of nitrogens with one attached hydrogen (secondary N) is 2. The molecule has 2 aromatic rings. The van der Waals surface area contributed by atoms with Crippen LogP contribution in [-0.4, -0.2) is 48.2 Å². The van der Waals surface area contributed by atoms with Crippen molar-refractivity contribution in [2.75, 3.05) is 13.2 Å². The zero-order valence-corrected chi connectivity index (χ0v) is 21.8. The predicted octanol–water partition coefficient (Wildman–Crippen LogP) is 4.10. The van der Waals surface area contributed by atoms with Gasteiger partial charge in [0.05, 0.1) is 6.61 Å². The molecule has 0 aliphatic carbocycles. The standard InChI is InChI=1S/C29H40N2O5/c1-20(2)14-16-36-17-15-27(32)30-25(18-22-8-6-5-7-9-22)28(33)31-26(29(34)35)19-23-10-12-24(13-11-23)21(3)4/h5-13,20-21,25-26H,14-19H2,1-4H3,(H,30,32)(H,31,33)(H,34,35)/t25-,26+/m0/s1. The van der Waals surface area contributed by atoms with E-state index in [9.17, 15) is 19.5 Å². The number of rotatable bonds is 15. The molecule has 0 aliphatic rings. The van der Waals surface area contributed by atoms with Gasteiger partial charge in [-0.15, -0.1) is 0 Å². The van der Waals surface area contributed by atoms with E-state index in [4.69, 9.17) is 4.74 Å². The van der Waals surface area contributed by atoms with Gasteiger partial charge < -0.3 is 20.5 Å². The lowest BCUT2D eigenvalue weighted by Crippen LogP contribution is -2.53. The van der Waals surface area contributed by atoms with Crippen LogP contribution in [0, 0.1) is 5.92 Å². The van der Waals surface area contributed by atoms with Crippen molar-refractivity contribution in [1.29, 1.82) is 0 Å². The molecule has 196 valence electrons. The molecule has 0 spiro atoms. The van der Waals surface area contributed by atoms with Crippen LogP contribution in [0.15, 0.2) is 54.6 Å². The van der Waals surface area contributed by atoms with E-state index >= 15 is 0 Å². The molecule has 0 radical (unpaired) electrons. The van der Waals surface area contributed by atoms with Gasteiger partial charge in [0.2, 0.25) is 11.8 Å². The van der Waals surface area contributed by atoms with Crippen LogP contribution < -0.4 is 10.6 Å². The summed E-state index contributed by atoms with van der Waals surface area (Å²) in [5.41, 5.74) is 2.84. The Morgan fingerprint density at radius 2 is 1.42 bits per heavy atom. The zero-order chi connectivity index (χ0) is 26.5. The first-order chi connectivity index (χ1) is 17.2. The van der Waals surface area contributed by atoms with Gasteiger partial charge in [-0.1, -0.05) is 82.3 Å². The number of carbonyl (C=O) groups is 3. The number of carboxylic acid groups (broad SMARTS) is 1. The molecule has 7 nitrogen and oxygen atoms in total. The quantitative estimate of drug-likeness (QED) is 0.322. The summed E-state index contributed by atoms with van der Waals surface area (Å²) in [6, 6.07) is 15.0. The van der Waals surface area contributed by atoms with Crippen LogP contribution in [0.1, 0.15) is 63.1 Å². The van der Waals surface area contributed by atoms with Gasteiger partial charge in [-0.3, -0.25) is 9.59 Å². The molecule has 0 fully saturated rings. The molecular formula is C29H40N2O5. The summed E-state index contributed by atoms with van der Waals surface area (Å²) >= 11 is 0. The highest BCUT2D eigenvalue weighted by Crippen LogP contribution is 2.16. The van der Waals surface area contributed by atoms with Gasteiger partial charge in [0.25, 0.3) is 0 Å². The van der Waals surface area contributed by atoms with Crippen LogP contribution in [-0.2, 0) is 32.0 Å². The molecule has 0 saturated heterocycles. The van der Waals surface area contributed by atoms with Gasteiger partial charge >= 0.3 is 5.97 Å². The minimum absolute atomic E-state index is 0.126. The largest absolute Gasteiger partial charge is 0.480 e. The molecular weight excluding hydrogens is 456 g/mol. The number of benzene rings is 2. The van der Waals surface area contributed by atoms with Crippen molar-refractivity contribution in [2.45, 2.75) is 71.4 Å². The molecule has 0 aliphatic heterocycles. The van der Waals surface area contributed by atoms with Crippen molar-refractivity contribution in [3.63, 3.8) is 0 Å². The summed E-state index contributed by atoms with van der Waals surface area (Å²) in [5, 5.41) is 15.2. The van der Waals surface area contributed by atoms with E-state index in [1.54, 1.807) is 0 Å². The number of carbonyl (C=O) groups excluding carboxylic acids is 2. The summed E-state index contributed by atoms with van der Waals surface area (Å²) in [6.07, 6.45) is 1.44. The highest BCUT2D eigenvalue weighted by molar-refractivity contribution is 5.90. The lowest BCUT2D eigenvalue weighted by molar-refractivity contribution is -0.142. The van der Waals surface area contributed by atoms with Crippen molar-refractivity contribution in [1.82, 2.24) is 10.6 Å². The molecule has 2 amide bonds. The van der Waals surface area contributed by atoms with E-state index in [1.165, 1.54) is 0 Å². The van der Waals surface area contributed by atoms with Gasteiger partial charge in [-0.2, -0.15) is 0 Å². The molecule has 7 heteroatoms. The van der Waals surface area contributed by atoms with E-state index in [0.29, 0.717) is 18.4 Å². The Labute approximate surface area is 214 Å². The normalized spacial score (nSPS) is 12.8. The van der Waals surface area contributed by atoms with Crippen molar-refractivity contribution < 1.29 is 24.2 Å². The summed E-state index contributed by atoms with van der Waals surface area (Å²) in [6.45, 7) is 9.24. The maximum absolute atomic E-state index is 13.2. The lowest BCUT2D eigenvalue weighted by atomic mass is 9.98. The van der Waals surface area contributed by atoms with Crippen molar-refractivity contribution in [2.24, 2.45) is 5.92 Å². The molecule has 2 atom stereocenters. The number of aliphatic carboxylic acids is 1. The van der Waals surface area contributed by atoms with Gasteiger partial charge in [0, 0.05) is 25.9 Å². The van der Waals surface area contributed by atoms with Crippen LogP contribution in [0.3, 0.4) is 0 Å². The molecule has 2 aromatic carbocycles. The van der Waals surface area contributed by atoms with Crippen LogP contribution in [0.5, 0.6) is 0 Å². The summed E-state index contributed by atoms with van der Waals surface area (Å²) in [7, 11) is 0. The highest BCUT2D eigenvalue weighted by atomic mass is 16.5. The van der Waals surface area contributed by atoms with Crippen LogP contribution in [0.2, 0.25) is 0 Å². The Bertz CT molecular complexity index is 957. The van der Waals surface area contributed by atoms with Crippen LogP contribution >= 0.6 is 0 Å². The maximum Gasteiger partial charge on any atom is 0.326 e. The SMILES string of the molecule is CC(C)CCOCCC(=O)N[C@@H](Cc1ccccc1)C(=O)N[C@H](Cc1ccc(C(C)C)cc1)C(=O)O. The second kappa shape index (κ2) is 15.0. The lowest BCUT2D eigenvalue weighted by Gasteiger charge is -2.22. The topological polar surface area (TPSA) is 105 Å². The Hall–Kier alpha value is -3.19. The number of carboxylic acids is 1. The van der Waals surface area contributed by atoms with Gasteiger partial charge in [-0.05, 0) is 34.9 Å². The number of ether oxygens (including phenoxy) is 1. The first-order valence-corrected chi connectivity index (χ1v) is 12.7. The fourth-order valence-electron chi connectivity index (χ4n) is 3.66. The Morgan fingerprint density at radius 1 is 0.806 bits per heavy atom. The zero-order valence-electron chi connectivity index (χ0n) is 21.8. The Balaban J connectivity index is 2.04. The van der Waals surface area contributed by atoms with E-state index in [0.717, 1.165) is 23.1 Å². The summed E-state index contributed by atoms with van der Waals surface area (Å²) in [4.78, 5) is 37.7. The monoisotopic (exact) mass is 496 g/mol. The number of amides is 2. The first kappa shape index (κ1) is 29.0. The van der Waals surface area contributed by atoms with E-state index in [-0.39, 0.29) is 31.8 Å². The Kier molecular flexibility index (Phi) is 12.1. The molecule has 0 heterocycles. The van der Waals surface area contributed by atoms with Crippen molar-refractivity contribution in [3.05, 3.63) is 71.3 Å². The van der Waals surface area contributed by atoms with Crippen molar-refractivity contribution in [3.8, 4) is 0 Å². The van der Waals surface area contributed by atoms with Crippen LogP contribution in [0.4, 0.5) is 0 Å². The van der Waals surface area contributed by atoms with Gasteiger partial charge in [0.15, 0.2) is 0 Å². The first-order valence-electron chi connectivity index (χ1n) is 12.7. The minimum atomic E-state index is -1.13. The summed E-state index contributed by atoms with van der Waals surface area (Å²) < 4.78 is 5.52. The Morgan fingerprint density at radius 3 is 2.00 bits per heavy atom. The molecule has 0 aromatic heterocycles. The van der Waals surface area contributed by atoms with E-state index in [2.05, 4.69) is 38.3 Å². The summed E-state index contributed by atoms with van der Waals surface area (Å²) in [5.74, 6) is -1.07. The van der Waals surface area contributed by atoms with Crippen molar-refractivity contribution >= 4 is 17.8 Å². The number of hydrogen-bond acceptors (Lipinski definition) is 4. The molecule has 2 rings (SSSR count). The second-order valence-electron chi connectivity index (χ2n) is 9.85. The maximum atomic E-state index is 13.2. The minimum Gasteiger partial charge on any atom is -0.480 e. The third-order valence-electron chi connectivity index (χ3n) is 5.95. The average molecular weight is 497 g/mol. The average Bonchev–Trinajstić information content (AvgIpc) is 2.83. The molecule has 36 heavy (non-hydrogen) atoms. The smallest absolute Gasteiger partial charge is 0.326 e. The second-order valence-corrected chi connectivity index (χ2v) is 9.85. The molecule has 3 N–H and O–H groups in total. The van der Waals surface area contributed by atoms with E-state index < -0.39 is 24.0 Å². The predicted molar refractivity (Wildman–Crippen MR) is 141 cm³/mol. The third-order valence-corrected chi connectivity index (χ3v) is 5.95.